The van der Waals surface area contributed by atoms with Gasteiger partial charge in [0.15, 0.2) is 0 Å². The van der Waals surface area contributed by atoms with E-state index in [2.05, 4.69) is 15.6 Å². The van der Waals surface area contributed by atoms with E-state index >= 15 is 0 Å². The van der Waals surface area contributed by atoms with E-state index in [9.17, 15) is 4.79 Å². The third-order valence-electron chi connectivity index (χ3n) is 3.97. The van der Waals surface area contributed by atoms with E-state index < -0.39 is 0 Å². The summed E-state index contributed by atoms with van der Waals surface area (Å²) in [5, 5.41) is 6.32. The third-order valence-corrected chi connectivity index (χ3v) is 3.97. The maximum Gasteiger partial charge on any atom is 0.255 e. The first kappa shape index (κ1) is 13.4. The van der Waals surface area contributed by atoms with Crippen LogP contribution in [0, 0.1) is 5.92 Å². The van der Waals surface area contributed by atoms with Gasteiger partial charge in [0.1, 0.15) is 0 Å². The van der Waals surface area contributed by atoms with Crippen molar-refractivity contribution in [2.75, 3.05) is 18.5 Å². The molecule has 1 saturated carbocycles. The summed E-state index contributed by atoms with van der Waals surface area (Å²) in [4.78, 5) is 16.5. The lowest BCUT2D eigenvalue weighted by molar-refractivity contribution is 0.0730. The summed E-state index contributed by atoms with van der Waals surface area (Å²) in [6, 6.07) is 1.98. The molecule has 1 aromatic rings. The highest BCUT2D eigenvalue weighted by molar-refractivity contribution is 5.99. The first-order valence-corrected chi connectivity index (χ1v) is 7.40. The van der Waals surface area contributed by atoms with Crippen molar-refractivity contribution in [2.45, 2.75) is 38.3 Å². The Morgan fingerprint density at radius 3 is 3.05 bits per heavy atom. The highest BCUT2D eigenvalue weighted by Gasteiger charge is 2.41. The predicted molar refractivity (Wildman–Crippen MR) is 76.7 cm³/mol. The second-order valence-electron chi connectivity index (χ2n) is 5.49. The van der Waals surface area contributed by atoms with Gasteiger partial charge in [0.2, 0.25) is 0 Å². The molecular formula is C15H21N3O2. The molecule has 2 aliphatic rings. The lowest BCUT2D eigenvalue weighted by Gasteiger charge is -2.20. The Morgan fingerprint density at radius 1 is 1.45 bits per heavy atom. The summed E-state index contributed by atoms with van der Waals surface area (Å²) >= 11 is 0. The lowest BCUT2D eigenvalue weighted by Crippen LogP contribution is -2.41. The van der Waals surface area contributed by atoms with Gasteiger partial charge in [0.05, 0.1) is 23.4 Å². The molecule has 20 heavy (non-hydrogen) atoms. The summed E-state index contributed by atoms with van der Waals surface area (Å²) in [7, 11) is 0. The van der Waals surface area contributed by atoms with E-state index in [1.807, 2.05) is 13.0 Å². The van der Waals surface area contributed by atoms with Crippen molar-refractivity contribution in [3.05, 3.63) is 24.0 Å². The summed E-state index contributed by atoms with van der Waals surface area (Å²) in [6.07, 6.45) is 6.89. The molecule has 1 amide bonds. The second kappa shape index (κ2) is 5.79. The van der Waals surface area contributed by atoms with Crippen molar-refractivity contribution in [2.24, 2.45) is 5.92 Å². The van der Waals surface area contributed by atoms with E-state index in [0.29, 0.717) is 11.5 Å². The molecule has 0 aromatic carbocycles. The van der Waals surface area contributed by atoms with Gasteiger partial charge in [0, 0.05) is 25.5 Å². The Hall–Kier alpha value is -1.62. The summed E-state index contributed by atoms with van der Waals surface area (Å²) < 4.78 is 5.76. The van der Waals surface area contributed by atoms with Crippen LogP contribution < -0.4 is 10.6 Å². The number of nitrogens with zero attached hydrogens (tertiary/aromatic N) is 1. The molecule has 5 nitrogen and oxygen atoms in total. The van der Waals surface area contributed by atoms with Crippen molar-refractivity contribution >= 4 is 11.6 Å². The highest BCUT2D eigenvalue weighted by Crippen LogP contribution is 2.38. The van der Waals surface area contributed by atoms with Gasteiger partial charge < -0.3 is 15.4 Å². The number of hydrogen-bond acceptors (Lipinski definition) is 4. The van der Waals surface area contributed by atoms with Crippen molar-refractivity contribution in [3.8, 4) is 0 Å². The minimum atomic E-state index is -0.0600. The molecule has 2 N–H and O–H groups in total. The number of nitrogens with one attached hydrogen (secondary N) is 2. The SMILES string of the molecule is CCNc1ccncc1C(=O)NC1CCOC1C1CC1. The predicted octanol–water partition coefficient (Wildman–Crippen LogP) is 1.81. The van der Waals surface area contributed by atoms with Crippen LogP contribution in [0.5, 0.6) is 0 Å². The van der Waals surface area contributed by atoms with Crippen molar-refractivity contribution in [3.63, 3.8) is 0 Å². The van der Waals surface area contributed by atoms with Crippen LogP contribution in [0.4, 0.5) is 5.69 Å². The number of aromatic nitrogens is 1. The number of rotatable bonds is 5. The molecule has 1 saturated heterocycles. The number of anilines is 1. The van der Waals surface area contributed by atoms with Gasteiger partial charge in [-0.3, -0.25) is 9.78 Å². The summed E-state index contributed by atoms with van der Waals surface area (Å²) in [5.41, 5.74) is 1.44. The second-order valence-corrected chi connectivity index (χ2v) is 5.49. The minimum Gasteiger partial charge on any atom is -0.385 e. The minimum absolute atomic E-state index is 0.0600. The zero-order valence-corrected chi connectivity index (χ0v) is 11.8. The number of pyridine rings is 1. The maximum absolute atomic E-state index is 12.4. The third kappa shape index (κ3) is 2.77. The number of carbonyl (C=O) groups is 1. The molecule has 0 spiro atoms. The number of carbonyl (C=O) groups excluding carboxylic acids is 1. The first-order valence-electron chi connectivity index (χ1n) is 7.40. The summed E-state index contributed by atoms with van der Waals surface area (Å²) in [5.74, 6) is 0.583. The van der Waals surface area contributed by atoms with Gasteiger partial charge in [0.25, 0.3) is 5.91 Å². The zero-order valence-electron chi connectivity index (χ0n) is 11.8. The average molecular weight is 275 g/mol. The van der Waals surface area contributed by atoms with Gasteiger partial charge in [-0.1, -0.05) is 0 Å². The Morgan fingerprint density at radius 2 is 2.30 bits per heavy atom. The maximum atomic E-state index is 12.4. The fourth-order valence-electron chi connectivity index (χ4n) is 2.82. The summed E-state index contributed by atoms with van der Waals surface area (Å²) in [6.45, 7) is 3.54. The Labute approximate surface area is 119 Å². The topological polar surface area (TPSA) is 63.2 Å². The van der Waals surface area contributed by atoms with E-state index in [1.165, 1.54) is 12.8 Å². The molecule has 1 aliphatic carbocycles. The van der Waals surface area contributed by atoms with Crippen LogP contribution in [0.1, 0.15) is 36.5 Å². The van der Waals surface area contributed by atoms with E-state index in [-0.39, 0.29) is 18.1 Å². The molecule has 2 heterocycles. The Bertz CT molecular complexity index is 488. The van der Waals surface area contributed by atoms with Gasteiger partial charge >= 0.3 is 0 Å². The standard InChI is InChI=1S/C15H21N3O2/c1-2-17-12-5-7-16-9-11(12)15(19)18-13-6-8-20-14(13)10-3-4-10/h5,7,9-10,13-14H,2-4,6,8H2,1H3,(H,16,17)(H,18,19). The largest absolute Gasteiger partial charge is 0.385 e. The molecular weight excluding hydrogens is 254 g/mol. The normalized spacial score (nSPS) is 25.4. The number of amides is 1. The zero-order chi connectivity index (χ0) is 13.9. The molecule has 1 aliphatic heterocycles. The molecule has 108 valence electrons. The van der Waals surface area contributed by atoms with Crippen LogP contribution in [0.2, 0.25) is 0 Å². The Balaban J connectivity index is 1.69. The fourth-order valence-corrected chi connectivity index (χ4v) is 2.82. The number of hydrogen-bond donors (Lipinski definition) is 2. The van der Waals surface area contributed by atoms with Crippen molar-refractivity contribution in [1.29, 1.82) is 0 Å². The van der Waals surface area contributed by atoms with Crippen LogP contribution in [-0.4, -0.2) is 36.2 Å². The van der Waals surface area contributed by atoms with Gasteiger partial charge in [-0.05, 0) is 38.2 Å². The van der Waals surface area contributed by atoms with E-state index in [1.54, 1.807) is 12.4 Å². The molecule has 5 heteroatoms. The lowest BCUT2D eigenvalue weighted by atomic mass is 10.1. The quantitative estimate of drug-likeness (QED) is 0.860. The van der Waals surface area contributed by atoms with E-state index in [0.717, 1.165) is 25.3 Å². The van der Waals surface area contributed by atoms with Gasteiger partial charge in [-0.15, -0.1) is 0 Å². The first-order chi connectivity index (χ1) is 9.79. The van der Waals surface area contributed by atoms with E-state index in [4.69, 9.17) is 4.74 Å². The monoisotopic (exact) mass is 275 g/mol. The van der Waals surface area contributed by atoms with Crippen LogP contribution in [0.25, 0.3) is 0 Å². The van der Waals surface area contributed by atoms with Gasteiger partial charge in [-0.2, -0.15) is 0 Å². The Kier molecular flexibility index (Phi) is 3.87. The number of ether oxygens (including phenoxy) is 1. The fraction of sp³-hybridized carbons (Fsp3) is 0.600. The average Bonchev–Trinajstić information content (AvgIpc) is 3.20. The van der Waals surface area contributed by atoms with Crippen molar-refractivity contribution in [1.82, 2.24) is 10.3 Å². The molecule has 0 bridgehead atoms. The van der Waals surface area contributed by atoms with Crippen LogP contribution in [-0.2, 0) is 4.74 Å². The molecule has 3 rings (SSSR count). The molecule has 1 aromatic heterocycles. The van der Waals surface area contributed by atoms with Crippen molar-refractivity contribution < 1.29 is 9.53 Å². The molecule has 2 atom stereocenters. The van der Waals surface area contributed by atoms with Crippen LogP contribution >= 0.6 is 0 Å². The molecule has 2 unspecified atom stereocenters. The molecule has 2 fully saturated rings. The molecule has 0 radical (unpaired) electrons. The smallest absolute Gasteiger partial charge is 0.255 e. The highest BCUT2D eigenvalue weighted by atomic mass is 16.5. The van der Waals surface area contributed by atoms with Crippen LogP contribution in [0.15, 0.2) is 18.5 Å². The van der Waals surface area contributed by atoms with Gasteiger partial charge in [-0.25, -0.2) is 0 Å². The van der Waals surface area contributed by atoms with Crippen LogP contribution in [0.3, 0.4) is 0 Å².